The molecule has 0 unspecified atom stereocenters. The van der Waals surface area contributed by atoms with Gasteiger partial charge >= 0.3 is 0 Å². The maximum absolute atomic E-state index is 5.34. The van der Waals surface area contributed by atoms with Crippen molar-refractivity contribution in [1.82, 2.24) is 4.98 Å². The Kier molecular flexibility index (Phi) is 5.62. The van der Waals surface area contributed by atoms with Crippen LogP contribution in [-0.4, -0.2) is 11.6 Å². The molecule has 1 aliphatic heterocycles. The number of fused-ring (bicyclic) bond motifs is 4. The summed E-state index contributed by atoms with van der Waals surface area (Å²) in [6.07, 6.45) is 4.10. The molecular formula is C33H25NO. The Bertz CT molecular complexity index is 1630. The smallest absolute Gasteiger partial charge is 0.126 e. The first-order valence-electron chi connectivity index (χ1n) is 11.9. The second kappa shape index (κ2) is 9.36. The van der Waals surface area contributed by atoms with Crippen molar-refractivity contribution in [3.05, 3.63) is 133 Å². The topological polar surface area (TPSA) is 25.0 Å². The van der Waals surface area contributed by atoms with Gasteiger partial charge in [0.1, 0.15) is 12.4 Å². The van der Waals surface area contributed by atoms with Gasteiger partial charge in [-0.1, -0.05) is 115 Å². The molecule has 2 heteroatoms. The van der Waals surface area contributed by atoms with E-state index in [1.54, 1.807) is 0 Å². The van der Waals surface area contributed by atoms with Gasteiger partial charge in [-0.3, -0.25) is 0 Å². The van der Waals surface area contributed by atoms with Crippen molar-refractivity contribution < 1.29 is 4.74 Å². The Balaban J connectivity index is 0.000000191. The number of ether oxygens (including phenoxy) is 1. The van der Waals surface area contributed by atoms with Gasteiger partial charge in [0.15, 0.2) is 0 Å². The molecular weight excluding hydrogens is 426 g/mol. The van der Waals surface area contributed by atoms with E-state index in [1.165, 1.54) is 49.6 Å². The van der Waals surface area contributed by atoms with Crippen LogP contribution in [-0.2, 0) is 0 Å². The van der Waals surface area contributed by atoms with Gasteiger partial charge in [-0.15, -0.1) is 0 Å². The van der Waals surface area contributed by atoms with Crippen molar-refractivity contribution in [2.24, 2.45) is 0 Å². The fourth-order valence-corrected chi connectivity index (χ4v) is 4.74. The lowest BCUT2D eigenvalue weighted by atomic mass is 9.92. The molecule has 0 amide bonds. The van der Waals surface area contributed by atoms with E-state index in [0.717, 1.165) is 5.75 Å². The van der Waals surface area contributed by atoms with Crippen LogP contribution in [0, 0.1) is 0 Å². The molecule has 0 radical (unpaired) electrons. The molecule has 2 heterocycles. The summed E-state index contributed by atoms with van der Waals surface area (Å²) in [6.45, 7) is 0.705. The quantitative estimate of drug-likeness (QED) is 0.280. The molecule has 7 rings (SSSR count). The number of aromatic nitrogens is 1. The van der Waals surface area contributed by atoms with Gasteiger partial charge in [0.2, 0.25) is 0 Å². The Morgan fingerprint density at radius 1 is 0.571 bits per heavy atom. The summed E-state index contributed by atoms with van der Waals surface area (Å²) in [6, 6.07) is 42.3. The van der Waals surface area contributed by atoms with Crippen LogP contribution in [0.3, 0.4) is 0 Å². The van der Waals surface area contributed by atoms with Crippen molar-refractivity contribution in [2.45, 2.75) is 0 Å². The van der Waals surface area contributed by atoms with Crippen LogP contribution in [0.4, 0.5) is 0 Å². The van der Waals surface area contributed by atoms with Crippen molar-refractivity contribution in [3.63, 3.8) is 0 Å². The molecule has 0 atom stereocenters. The van der Waals surface area contributed by atoms with E-state index >= 15 is 0 Å². The number of H-pyrrole nitrogens is 1. The molecule has 1 aromatic heterocycles. The summed E-state index contributed by atoms with van der Waals surface area (Å²) in [5.41, 5.74) is 8.55. The molecule has 0 bridgehead atoms. The van der Waals surface area contributed by atoms with Crippen LogP contribution < -0.4 is 4.74 Å². The maximum Gasteiger partial charge on any atom is 0.126 e. The average molecular weight is 452 g/mol. The Morgan fingerprint density at radius 3 is 2.06 bits per heavy atom. The van der Waals surface area contributed by atoms with E-state index < -0.39 is 0 Å². The summed E-state index contributed by atoms with van der Waals surface area (Å²) < 4.78 is 5.34. The Hall–Kier alpha value is -4.56. The molecule has 0 aliphatic carbocycles. The van der Waals surface area contributed by atoms with Gasteiger partial charge in [0, 0.05) is 27.4 Å². The normalized spacial score (nSPS) is 12.0. The first kappa shape index (κ1) is 21.0. The number of para-hydroxylation sites is 2. The Morgan fingerprint density at radius 2 is 1.26 bits per heavy atom. The molecule has 35 heavy (non-hydrogen) atoms. The van der Waals surface area contributed by atoms with Gasteiger partial charge in [0.05, 0.1) is 5.52 Å². The largest absolute Gasteiger partial charge is 0.489 e. The highest BCUT2D eigenvalue weighted by Crippen LogP contribution is 2.40. The van der Waals surface area contributed by atoms with Gasteiger partial charge in [-0.2, -0.15) is 0 Å². The predicted molar refractivity (Wildman–Crippen MR) is 148 cm³/mol. The highest BCUT2D eigenvalue weighted by Gasteiger charge is 2.15. The predicted octanol–water partition coefficient (Wildman–Crippen LogP) is 8.75. The van der Waals surface area contributed by atoms with Crippen molar-refractivity contribution in [1.29, 1.82) is 0 Å². The lowest BCUT2D eigenvalue weighted by molar-refractivity contribution is 0.358. The molecule has 5 aromatic carbocycles. The molecule has 0 saturated carbocycles. The van der Waals surface area contributed by atoms with Crippen LogP contribution in [0.2, 0.25) is 0 Å². The van der Waals surface area contributed by atoms with Crippen molar-refractivity contribution >= 4 is 27.9 Å². The number of nitrogens with one attached hydrogen (secondary N) is 1. The third-order valence-electron chi connectivity index (χ3n) is 6.38. The molecule has 2 nitrogen and oxygen atoms in total. The van der Waals surface area contributed by atoms with E-state index in [0.29, 0.717) is 6.61 Å². The lowest BCUT2D eigenvalue weighted by Gasteiger charge is -2.12. The SMILES string of the molecule is C1=Cc2ccccc2OC1.c1ccc(-c2ccc3c([nH]c4ccccc43)c2-c2ccccc2)cc1. The molecule has 6 aromatic rings. The number of hydrogen-bond donors (Lipinski definition) is 1. The highest BCUT2D eigenvalue weighted by atomic mass is 16.5. The van der Waals surface area contributed by atoms with E-state index in [4.69, 9.17) is 4.74 Å². The molecule has 168 valence electrons. The zero-order chi connectivity index (χ0) is 23.5. The molecule has 0 saturated heterocycles. The second-order valence-electron chi connectivity index (χ2n) is 8.56. The second-order valence-corrected chi connectivity index (χ2v) is 8.56. The zero-order valence-electron chi connectivity index (χ0n) is 19.3. The van der Waals surface area contributed by atoms with E-state index in [2.05, 4.69) is 108 Å². The molecule has 1 aliphatic rings. The highest BCUT2D eigenvalue weighted by molar-refractivity contribution is 6.14. The standard InChI is InChI=1S/C24H17N.C9H8O/c1-3-9-17(10-4-1)19-15-16-21-20-13-7-8-14-22(20)25-24(21)23(19)18-11-5-2-6-12-18;1-2-6-9-8(4-1)5-3-7-10-9/h1-16,25H;1-6H,7H2. The van der Waals surface area contributed by atoms with Gasteiger partial charge < -0.3 is 9.72 Å². The summed E-state index contributed by atoms with van der Waals surface area (Å²) in [4.78, 5) is 3.66. The Labute approximate surface area is 205 Å². The third kappa shape index (κ3) is 4.11. The van der Waals surface area contributed by atoms with Crippen molar-refractivity contribution in [3.8, 4) is 28.0 Å². The minimum Gasteiger partial charge on any atom is -0.489 e. The summed E-state index contributed by atoms with van der Waals surface area (Å²) >= 11 is 0. The monoisotopic (exact) mass is 451 g/mol. The van der Waals surface area contributed by atoms with Gasteiger partial charge in [-0.05, 0) is 34.9 Å². The van der Waals surface area contributed by atoms with Crippen LogP contribution >= 0.6 is 0 Å². The lowest BCUT2D eigenvalue weighted by Crippen LogP contribution is -1.98. The number of hydrogen-bond acceptors (Lipinski definition) is 1. The first-order valence-corrected chi connectivity index (χ1v) is 11.9. The first-order chi connectivity index (χ1) is 17.4. The summed E-state index contributed by atoms with van der Waals surface area (Å²) in [7, 11) is 0. The molecule has 1 N–H and O–H groups in total. The summed E-state index contributed by atoms with van der Waals surface area (Å²) in [5, 5.41) is 2.54. The number of benzene rings is 5. The van der Waals surface area contributed by atoms with Crippen LogP contribution in [0.25, 0.3) is 50.1 Å². The number of rotatable bonds is 2. The minimum absolute atomic E-state index is 0.705. The van der Waals surface area contributed by atoms with Crippen LogP contribution in [0.1, 0.15) is 5.56 Å². The van der Waals surface area contributed by atoms with Crippen molar-refractivity contribution in [2.75, 3.05) is 6.61 Å². The molecule has 0 spiro atoms. The van der Waals surface area contributed by atoms with Crippen LogP contribution in [0.15, 0.2) is 127 Å². The van der Waals surface area contributed by atoms with Crippen LogP contribution in [0.5, 0.6) is 5.75 Å². The van der Waals surface area contributed by atoms with Gasteiger partial charge in [0.25, 0.3) is 0 Å². The minimum atomic E-state index is 0.705. The molecule has 0 fully saturated rings. The fourth-order valence-electron chi connectivity index (χ4n) is 4.74. The van der Waals surface area contributed by atoms with Gasteiger partial charge in [-0.25, -0.2) is 0 Å². The summed E-state index contributed by atoms with van der Waals surface area (Å²) in [5.74, 6) is 0.991. The van der Waals surface area contributed by atoms with E-state index in [9.17, 15) is 0 Å². The zero-order valence-corrected chi connectivity index (χ0v) is 19.3. The van der Waals surface area contributed by atoms with E-state index in [1.807, 2.05) is 30.3 Å². The third-order valence-corrected chi connectivity index (χ3v) is 6.38. The fraction of sp³-hybridized carbons (Fsp3) is 0.0303. The number of aromatic amines is 1. The van der Waals surface area contributed by atoms with E-state index in [-0.39, 0.29) is 0 Å². The average Bonchev–Trinajstić information content (AvgIpc) is 3.33. The maximum atomic E-state index is 5.34.